The quantitative estimate of drug-likeness (QED) is 0.170. The molecule has 168 valence electrons. The summed E-state index contributed by atoms with van der Waals surface area (Å²) in [4.78, 5) is 36.3. The first kappa shape index (κ1) is 23.7. The fraction of sp³-hybridized carbons (Fsp3) is 0.0833. The number of halogens is 1. The van der Waals surface area contributed by atoms with E-state index in [2.05, 4.69) is 31.8 Å². The summed E-state index contributed by atoms with van der Waals surface area (Å²) in [5, 5.41) is 6.43. The highest BCUT2D eigenvalue weighted by Crippen LogP contribution is 2.20. The fourth-order valence-corrected chi connectivity index (χ4v) is 3.11. The summed E-state index contributed by atoms with van der Waals surface area (Å²) in [5.74, 6) is -1.27. The van der Waals surface area contributed by atoms with E-state index in [-0.39, 0.29) is 0 Å². The molecule has 8 nitrogen and oxygen atoms in total. The molecule has 0 aliphatic rings. The Balaban J connectivity index is 1.56. The Labute approximate surface area is 198 Å². The summed E-state index contributed by atoms with van der Waals surface area (Å²) < 4.78 is 11.1. The smallest absolute Gasteiger partial charge is 0.344 e. The van der Waals surface area contributed by atoms with Crippen LogP contribution in [-0.2, 0) is 9.59 Å². The molecule has 0 spiro atoms. The molecule has 3 aromatic carbocycles. The van der Waals surface area contributed by atoms with Crippen LogP contribution in [0.2, 0.25) is 0 Å². The van der Waals surface area contributed by atoms with E-state index in [4.69, 9.17) is 9.47 Å². The Morgan fingerprint density at radius 2 is 1.48 bits per heavy atom. The van der Waals surface area contributed by atoms with Gasteiger partial charge in [-0.1, -0.05) is 12.1 Å². The van der Waals surface area contributed by atoms with Crippen LogP contribution in [0.15, 0.2) is 82.4 Å². The summed E-state index contributed by atoms with van der Waals surface area (Å²) in [6.07, 6.45) is 0. The number of amides is 2. The van der Waals surface area contributed by atoms with E-state index in [9.17, 15) is 14.4 Å². The Hall–Kier alpha value is -3.98. The molecule has 2 amide bonds. The van der Waals surface area contributed by atoms with Crippen molar-refractivity contribution in [3.8, 4) is 11.5 Å². The van der Waals surface area contributed by atoms with Crippen molar-refractivity contribution in [2.45, 2.75) is 6.92 Å². The lowest BCUT2D eigenvalue weighted by Gasteiger charge is -2.07. The number of benzene rings is 3. The van der Waals surface area contributed by atoms with Gasteiger partial charge in [-0.05, 0) is 89.1 Å². The van der Waals surface area contributed by atoms with Crippen LogP contribution in [-0.4, -0.2) is 30.6 Å². The molecule has 3 aromatic rings. The third-order valence-corrected chi connectivity index (χ3v) is 5.15. The maximum Gasteiger partial charge on any atom is 0.344 e. The summed E-state index contributed by atoms with van der Waals surface area (Å²) >= 11 is 3.32. The van der Waals surface area contributed by atoms with Crippen molar-refractivity contribution >= 4 is 45.1 Å². The lowest BCUT2D eigenvalue weighted by atomic mass is 10.1. The first-order valence-electron chi connectivity index (χ1n) is 9.74. The molecule has 0 aromatic heterocycles. The van der Waals surface area contributed by atoms with Crippen molar-refractivity contribution in [1.29, 1.82) is 0 Å². The van der Waals surface area contributed by atoms with Gasteiger partial charge in [-0.2, -0.15) is 5.10 Å². The molecule has 0 fully saturated rings. The summed E-state index contributed by atoms with van der Waals surface area (Å²) in [5.41, 5.74) is 4.22. The predicted molar refractivity (Wildman–Crippen MR) is 128 cm³/mol. The molecule has 0 atom stereocenters. The van der Waals surface area contributed by atoms with E-state index in [1.165, 1.54) is 7.11 Å². The summed E-state index contributed by atoms with van der Waals surface area (Å²) in [7, 11) is 1.53. The van der Waals surface area contributed by atoms with Crippen molar-refractivity contribution in [3.05, 3.63) is 88.4 Å². The zero-order valence-corrected chi connectivity index (χ0v) is 19.4. The monoisotopic (exact) mass is 509 g/mol. The van der Waals surface area contributed by atoms with Crippen LogP contribution in [0.25, 0.3) is 0 Å². The molecular formula is C24H20BrN3O5. The molecule has 9 heteroatoms. The third-order valence-electron chi connectivity index (χ3n) is 4.46. The van der Waals surface area contributed by atoms with Gasteiger partial charge < -0.3 is 14.8 Å². The lowest BCUT2D eigenvalue weighted by molar-refractivity contribution is -0.136. The fourth-order valence-electron chi connectivity index (χ4n) is 2.67. The molecule has 0 saturated carbocycles. The average Bonchev–Trinajstić information content (AvgIpc) is 2.83. The predicted octanol–water partition coefficient (Wildman–Crippen LogP) is 4.16. The highest BCUT2D eigenvalue weighted by Gasteiger charge is 2.14. The van der Waals surface area contributed by atoms with Crippen molar-refractivity contribution < 1.29 is 23.9 Å². The maximum atomic E-state index is 12.3. The Bertz CT molecular complexity index is 1190. The van der Waals surface area contributed by atoms with Crippen LogP contribution in [0, 0.1) is 0 Å². The van der Waals surface area contributed by atoms with E-state index < -0.39 is 17.8 Å². The normalized spacial score (nSPS) is 10.8. The molecular weight excluding hydrogens is 490 g/mol. The van der Waals surface area contributed by atoms with Crippen molar-refractivity contribution in [2.24, 2.45) is 5.10 Å². The van der Waals surface area contributed by atoms with Crippen LogP contribution in [0.5, 0.6) is 11.5 Å². The van der Waals surface area contributed by atoms with Gasteiger partial charge in [0.1, 0.15) is 11.5 Å². The van der Waals surface area contributed by atoms with Crippen LogP contribution < -0.4 is 20.2 Å². The average molecular weight is 510 g/mol. The van der Waals surface area contributed by atoms with Gasteiger partial charge in [0.25, 0.3) is 0 Å². The zero-order chi connectivity index (χ0) is 23.8. The SMILES string of the molecule is COc1ccc(NC(=O)C(=O)NN=C(C)c2ccc(OC(=O)c3ccccc3Br)cc2)cc1. The summed E-state index contributed by atoms with van der Waals surface area (Å²) in [6.45, 7) is 1.67. The van der Waals surface area contributed by atoms with Gasteiger partial charge in [0.15, 0.2) is 0 Å². The number of hydrazone groups is 1. The highest BCUT2D eigenvalue weighted by molar-refractivity contribution is 9.10. The van der Waals surface area contributed by atoms with E-state index in [0.29, 0.717) is 38.5 Å². The number of rotatable bonds is 6. The molecule has 33 heavy (non-hydrogen) atoms. The van der Waals surface area contributed by atoms with Gasteiger partial charge in [0.05, 0.1) is 18.4 Å². The topological polar surface area (TPSA) is 106 Å². The zero-order valence-electron chi connectivity index (χ0n) is 17.8. The Morgan fingerprint density at radius 1 is 0.848 bits per heavy atom. The number of ether oxygens (including phenoxy) is 2. The second kappa shape index (κ2) is 11.1. The van der Waals surface area contributed by atoms with Crippen LogP contribution in [0.4, 0.5) is 5.69 Å². The second-order valence-electron chi connectivity index (χ2n) is 6.71. The minimum Gasteiger partial charge on any atom is -0.497 e. The largest absolute Gasteiger partial charge is 0.497 e. The van der Waals surface area contributed by atoms with Crippen LogP contribution >= 0.6 is 15.9 Å². The number of nitrogens with one attached hydrogen (secondary N) is 2. The van der Waals surface area contributed by atoms with Crippen molar-refractivity contribution in [1.82, 2.24) is 5.43 Å². The number of nitrogens with zero attached hydrogens (tertiary/aromatic N) is 1. The first-order valence-corrected chi connectivity index (χ1v) is 10.5. The van der Waals surface area contributed by atoms with Gasteiger partial charge >= 0.3 is 17.8 Å². The minimum absolute atomic E-state index is 0.357. The number of anilines is 1. The third kappa shape index (κ3) is 6.50. The first-order chi connectivity index (χ1) is 15.9. The molecule has 2 N–H and O–H groups in total. The molecule has 0 heterocycles. The number of hydrogen-bond donors (Lipinski definition) is 2. The molecule has 0 saturated heterocycles. The van der Waals surface area contributed by atoms with E-state index in [1.807, 2.05) is 0 Å². The number of hydrogen-bond acceptors (Lipinski definition) is 6. The standard InChI is InChI=1S/C24H20BrN3O5/c1-15(27-28-23(30)22(29)26-17-9-13-18(32-2)14-10-17)16-7-11-19(12-8-16)33-24(31)20-5-3-4-6-21(20)25/h3-14H,1-2H3,(H,26,29)(H,28,30). The number of carbonyl (C=O) groups is 3. The summed E-state index contributed by atoms with van der Waals surface area (Å²) in [6, 6.07) is 20.1. The molecule has 0 aliphatic heterocycles. The molecule has 0 bridgehead atoms. The van der Waals surface area contributed by atoms with Gasteiger partial charge in [-0.25, -0.2) is 10.2 Å². The molecule has 3 rings (SSSR count). The van der Waals surface area contributed by atoms with Gasteiger partial charge in [0.2, 0.25) is 0 Å². The van der Waals surface area contributed by atoms with Crippen molar-refractivity contribution in [2.75, 3.05) is 12.4 Å². The van der Waals surface area contributed by atoms with Gasteiger partial charge in [-0.15, -0.1) is 0 Å². The van der Waals surface area contributed by atoms with Gasteiger partial charge in [0, 0.05) is 10.2 Å². The Morgan fingerprint density at radius 3 is 2.12 bits per heavy atom. The number of methoxy groups -OCH3 is 1. The van der Waals surface area contributed by atoms with E-state index in [0.717, 1.165) is 0 Å². The highest BCUT2D eigenvalue weighted by atomic mass is 79.9. The number of carbonyl (C=O) groups excluding carboxylic acids is 3. The molecule has 0 aliphatic carbocycles. The molecule has 0 radical (unpaired) electrons. The maximum absolute atomic E-state index is 12.3. The van der Waals surface area contributed by atoms with E-state index in [1.54, 1.807) is 79.7 Å². The molecule has 0 unspecified atom stereocenters. The van der Waals surface area contributed by atoms with Crippen LogP contribution in [0.3, 0.4) is 0 Å². The number of esters is 1. The Kier molecular flexibility index (Phi) is 7.93. The van der Waals surface area contributed by atoms with E-state index >= 15 is 0 Å². The lowest BCUT2D eigenvalue weighted by Crippen LogP contribution is -2.32. The second-order valence-corrected chi connectivity index (χ2v) is 7.57. The van der Waals surface area contributed by atoms with Gasteiger partial charge in [-0.3, -0.25) is 9.59 Å². The minimum atomic E-state index is -0.913. The van der Waals surface area contributed by atoms with Crippen LogP contribution in [0.1, 0.15) is 22.8 Å². The van der Waals surface area contributed by atoms with Crippen molar-refractivity contribution in [3.63, 3.8) is 0 Å².